The molecule has 0 radical (unpaired) electrons. The molecule has 2 rings (SSSR count). The molecular weight excluding hydrogens is 226 g/mol. The summed E-state index contributed by atoms with van der Waals surface area (Å²) >= 11 is 5.72. The highest BCUT2D eigenvalue weighted by Crippen LogP contribution is 2.13. The average molecular weight is 238 g/mol. The third-order valence-corrected chi connectivity index (χ3v) is 2.71. The maximum absolute atomic E-state index is 11.8. The van der Waals surface area contributed by atoms with Crippen LogP contribution >= 0.6 is 11.6 Å². The number of nitrogens with zero attached hydrogens (tertiary/aromatic N) is 1. The standard InChI is InChI=1S/C11H12ClN3O/c1-7(8-5-13-6-8)11(16)15-10-4-2-3-9(12)14-10/h2-4,13H,5-6H2,1H3,(H,14,15,16). The number of carbonyl (C=O) groups is 1. The first-order valence-corrected chi connectivity index (χ1v) is 5.38. The van der Waals surface area contributed by atoms with Crippen molar-refractivity contribution in [3.05, 3.63) is 34.5 Å². The molecule has 0 spiro atoms. The van der Waals surface area contributed by atoms with Crippen LogP contribution in [0.2, 0.25) is 5.15 Å². The molecule has 0 atom stereocenters. The summed E-state index contributed by atoms with van der Waals surface area (Å²) in [5, 5.41) is 6.18. The van der Waals surface area contributed by atoms with Gasteiger partial charge in [-0.3, -0.25) is 4.79 Å². The summed E-state index contributed by atoms with van der Waals surface area (Å²) < 4.78 is 0. The predicted octanol–water partition coefficient (Wildman–Crippen LogP) is 1.59. The van der Waals surface area contributed by atoms with Crippen LogP contribution in [0.25, 0.3) is 0 Å². The van der Waals surface area contributed by atoms with Gasteiger partial charge in [-0.2, -0.15) is 0 Å². The summed E-state index contributed by atoms with van der Waals surface area (Å²) in [7, 11) is 0. The van der Waals surface area contributed by atoms with Gasteiger partial charge in [-0.05, 0) is 24.6 Å². The third-order valence-electron chi connectivity index (χ3n) is 2.50. The number of halogens is 1. The number of carbonyl (C=O) groups excluding carboxylic acids is 1. The molecule has 1 aliphatic heterocycles. The Bertz CT molecular complexity index is 450. The van der Waals surface area contributed by atoms with Gasteiger partial charge in [-0.25, -0.2) is 4.98 Å². The van der Waals surface area contributed by atoms with E-state index >= 15 is 0 Å². The first-order valence-electron chi connectivity index (χ1n) is 5.00. The summed E-state index contributed by atoms with van der Waals surface area (Å²) in [4.78, 5) is 15.8. The van der Waals surface area contributed by atoms with Gasteiger partial charge in [0.05, 0.1) is 0 Å². The molecule has 1 saturated heterocycles. The van der Waals surface area contributed by atoms with Crippen LogP contribution in [0.4, 0.5) is 5.82 Å². The lowest BCUT2D eigenvalue weighted by Gasteiger charge is -2.21. The molecule has 1 aromatic rings. The number of aromatic nitrogens is 1. The van der Waals surface area contributed by atoms with Gasteiger partial charge in [0.2, 0.25) is 0 Å². The van der Waals surface area contributed by atoms with Crippen molar-refractivity contribution in [2.75, 3.05) is 18.4 Å². The predicted molar refractivity (Wildman–Crippen MR) is 63.4 cm³/mol. The second-order valence-electron chi connectivity index (χ2n) is 3.63. The number of hydrogen-bond acceptors (Lipinski definition) is 3. The Hall–Kier alpha value is -1.39. The number of nitrogens with one attached hydrogen (secondary N) is 2. The normalized spacial score (nSPS) is 14.2. The Morgan fingerprint density at radius 2 is 2.25 bits per heavy atom. The quantitative estimate of drug-likeness (QED) is 0.607. The van der Waals surface area contributed by atoms with Crippen molar-refractivity contribution >= 4 is 23.3 Å². The van der Waals surface area contributed by atoms with E-state index in [1.807, 2.05) is 6.92 Å². The van der Waals surface area contributed by atoms with Crippen LogP contribution < -0.4 is 10.6 Å². The molecule has 5 heteroatoms. The second-order valence-corrected chi connectivity index (χ2v) is 4.02. The molecule has 2 N–H and O–H groups in total. The monoisotopic (exact) mass is 237 g/mol. The van der Waals surface area contributed by atoms with E-state index in [4.69, 9.17) is 11.6 Å². The lowest BCUT2D eigenvalue weighted by atomic mass is 10.0. The summed E-state index contributed by atoms with van der Waals surface area (Å²) in [6.07, 6.45) is 0. The second kappa shape index (κ2) is 4.63. The van der Waals surface area contributed by atoms with Crippen molar-refractivity contribution in [3.63, 3.8) is 0 Å². The first-order chi connectivity index (χ1) is 7.66. The van der Waals surface area contributed by atoms with E-state index in [-0.39, 0.29) is 5.91 Å². The number of hydrogen-bond donors (Lipinski definition) is 2. The molecule has 2 heterocycles. The smallest absolute Gasteiger partial charge is 0.252 e. The van der Waals surface area contributed by atoms with Crippen molar-refractivity contribution < 1.29 is 4.79 Å². The lowest BCUT2D eigenvalue weighted by molar-refractivity contribution is -0.112. The fourth-order valence-electron chi connectivity index (χ4n) is 1.36. The molecule has 16 heavy (non-hydrogen) atoms. The van der Waals surface area contributed by atoms with Crippen LogP contribution in [-0.2, 0) is 4.79 Å². The number of rotatable bonds is 2. The Labute approximate surface area is 98.7 Å². The van der Waals surface area contributed by atoms with Crippen molar-refractivity contribution in [3.8, 4) is 0 Å². The molecule has 0 unspecified atom stereocenters. The molecule has 1 aromatic heterocycles. The molecule has 0 bridgehead atoms. The van der Waals surface area contributed by atoms with Gasteiger partial charge < -0.3 is 10.6 Å². The number of pyridine rings is 1. The zero-order valence-corrected chi connectivity index (χ0v) is 9.64. The molecule has 84 valence electrons. The number of anilines is 1. The summed E-state index contributed by atoms with van der Waals surface area (Å²) in [5.74, 6) is 0.357. The Morgan fingerprint density at radius 3 is 2.81 bits per heavy atom. The Morgan fingerprint density at radius 1 is 1.50 bits per heavy atom. The van der Waals surface area contributed by atoms with Gasteiger partial charge in [0.1, 0.15) is 11.0 Å². The summed E-state index contributed by atoms with van der Waals surface area (Å²) in [6.45, 7) is 3.40. The zero-order chi connectivity index (χ0) is 11.5. The van der Waals surface area contributed by atoms with Crippen LogP contribution in [0.15, 0.2) is 29.3 Å². The van der Waals surface area contributed by atoms with Crippen LogP contribution in [0.3, 0.4) is 0 Å². The highest BCUT2D eigenvalue weighted by Gasteiger charge is 2.16. The summed E-state index contributed by atoms with van der Waals surface area (Å²) in [5.41, 5.74) is 1.89. The highest BCUT2D eigenvalue weighted by molar-refractivity contribution is 6.29. The molecule has 4 nitrogen and oxygen atoms in total. The Balaban J connectivity index is 2.07. The van der Waals surface area contributed by atoms with Crippen LogP contribution in [0, 0.1) is 0 Å². The Kier molecular flexibility index (Phi) is 3.22. The molecule has 1 fully saturated rings. The van der Waals surface area contributed by atoms with Crippen molar-refractivity contribution in [1.82, 2.24) is 10.3 Å². The van der Waals surface area contributed by atoms with Gasteiger partial charge in [-0.1, -0.05) is 17.7 Å². The molecule has 0 saturated carbocycles. The van der Waals surface area contributed by atoms with Gasteiger partial charge >= 0.3 is 0 Å². The van der Waals surface area contributed by atoms with E-state index in [2.05, 4.69) is 15.6 Å². The minimum atomic E-state index is -0.119. The van der Waals surface area contributed by atoms with Crippen molar-refractivity contribution in [1.29, 1.82) is 0 Å². The van der Waals surface area contributed by atoms with E-state index in [9.17, 15) is 4.79 Å². The fraction of sp³-hybridized carbons (Fsp3) is 0.273. The number of amides is 1. The van der Waals surface area contributed by atoms with Gasteiger partial charge in [0.15, 0.2) is 0 Å². The molecular formula is C11H12ClN3O. The van der Waals surface area contributed by atoms with E-state index in [0.29, 0.717) is 11.0 Å². The maximum Gasteiger partial charge on any atom is 0.252 e. The van der Waals surface area contributed by atoms with E-state index in [1.54, 1.807) is 18.2 Å². The van der Waals surface area contributed by atoms with Crippen LogP contribution in [-0.4, -0.2) is 24.0 Å². The SMILES string of the molecule is CC(C(=O)Nc1cccc(Cl)n1)=C1CNC1. The highest BCUT2D eigenvalue weighted by atomic mass is 35.5. The van der Waals surface area contributed by atoms with Crippen LogP contribution in [0.5, 0.6) is 0 Å². The maximum atomic E-state index is 11.8. The molecule has 1 aliphatic rings. The molecule has 1 amide bonds. The minimum absolute atomic E-state index is 0.119. The van der Waals surface area contributed by atoms with E-state index in [0.717, 1.165) is 24.2 Å². The third kappa shape index (κ3) is 2.40. The largest absolute Gasteiger partial charge is 0.309 e. The van der Waals surface area contributed by atoms with Crippen molar-refractivity contribution in [2.45, 2.75) is 6.92 Å². The average Bonchev–Trinajstić information content (AvgIpc) is 2.14. The van der Waals surface area contributed by atoms with E-state index in [1.165, 1.54) is 0 Å². The van der Waals surface area contributed by atoms with Gasteiger partial charge in [0.25, 0.3) is 5.91 Å². The van der Waals surface area contributed by atoms with Crippen LogP contribution in [0.1, 0.15) is 6.92 Å². The first kappa shape index (κ1) is 11.1. The summed E-state index contributed by atoms with van der Waals surface area (Å²) in [6, 6.07) is 5.12. The van der Waals surface area contributed by atoms with Gasteiger partial charge in [-0.15, -0.1) is 0 Å². The van der Waals surface area contributed by atoms with Crippen molar-refractivity contribution in [2.24, 2.45) is 0 Å². The van der Waals surface area contributed by atoms with E-state index < -0.39 is 0 Å². The fourth-order valence-corrected chi connectivity index (χ4v) is 1.53. The molecule has 0 aromatic carbocycles. The molecule has 0 aliphatic carbocycles. The lowest BCUT2D eigenvalue weighted by Crippen LogP contribution is -2.36. The van der Waals surface area contributed by atoms with Gasteiger partial charge in [0, 0.05) is 18.7 Å². The zero-order valence-electron chi connectivity index (χ0n) is 8.88. The topological polar surface area (TPSA) is 54.0 Å². The minimum Gasteiger partial charge on any atom is -0.309 e.